The van der Waals surface area contributed by atoms with Crippen molar-refractivity contribution >= 4 is 6.09 Å². The van der Waals surface area contributed by atoms with Crippen LogP contribution in [0, 0.1) is 0 Å². The molecule has 98 valence electrons. The van der Waals surface area contributed by atoms with Crippen LogP contribution in [0.1, 0.15) is 27.7 Å². The molecule has 0 saturated carbocycles. The van der Waals surface area contributed by atoms with E-state index in [-0.39, 0.29) is 6.09 Å². The van der Waals surface area contributed by atoms with Crippen LogP contribution in [0.15, 0.2) is 12.2 Å². The van der Waals surface area contributed by atoms with Gasteiger partial charge in [-0.1, -0.05) is 12.2 Å². The van der Waals surface area contributed by atoms with E-state index in [2.05, 4.69) is 11.5 Å². The second-order valence-electron chi connectivity index (χ2n) is 5.70. The fourth-order valence-corrected chi connectivity index (χ4v) is 1.80. The molecule has 0 bridgehead atoms. The lowest BCUT2D eigenvalue weighted by atomic mass is 10.2. The first-order chi connectivity index (χ1) is 7.78. The number of piperazine rings is 1. The van der Waals surface area contributed by atoms with Gasteiger partial charge in [-0.3, -0.25) is 4.90 Å². The minimum Gasteiger partial charge on any atom is -0.444 e. The third-order valence-corrected chi connectivity index (χ3v) is 2.52. The molecule has 1 aliphatic heterocycles. The smallest absolute Gasteiger partial charge is 0.410 e. The molecule has 1 rings (SSSR count). The summed E-state index contributed by atoms with van der Waals surface area (Å²) in [7, 11) is 0. The summed E-state index contributed by atoms with van der Waals surface area (Å²) < 4.78 is 5.34. The molecule has 4 nitrogen and oxygen atoms in total. The maximum Gasteiger partial charge on any atom is 0.410 e. The molecule has 0 spiro atoms. The number of ether oxygens (including phenoxy) is 1. The zero-order valence-electron chi connectivity index (χ0n) is 11.5. The standard InChI is InChI=1S/C13H24N2O2/c1-11(2)10-14-6-8-15(9-7-14)12(16)17-13(3,4)5/h1,6-10H2,2-5H3. The van der Waals surface area contributed by atoms with E-state index in [1.54, 1.807) is 4.90 Å². The molecule has 0 atom stereocenters. The Bertz CT molecular complexity index is 286. The van der Waals surface area contributed by atoms with Crippen molar-refractivity contribution in [1.29, 1.82) is 0 Å². The van der Waals surface area contributed by atoms with Gasteiger partial charge in [0.25, 0.3) is 0 Å². The Morgan fingerprint density at radius 1 is 1.24 bits per heavy atom. The van der Waals surface area contributed by atoms with Crippen LogP contribution in [-0.2, 0) is 4.74 Å². The second kappa shape index (κ2) is 5.54. The van der Waals surface area contributed by atoms with E-state index in [0.29, 0.717) is 0 Å². The molecule has 0 unspecified atom stereocenters. The van der Waals surface area contributed by atoms with Gasteiger partial charge in [0.15, 0.2) is 0 Å². The maximum atomic E-state index is 11.8. The normalized spacial score (nSPS) is 18.0. The quantitative estimate of drug-likeness (QED) is 0.693. The Kier molecular flexibility index (Phi) is 4.57. The van der Waals surface area contributed by atoms with Gasteiger partial charge >= 0.3 is 6.09 Å². The van der Waals surface area contributed by atoms with Crippen molar-refractivity contribution in [2.45, 2.75) is 33.3 Å². The van der Waals surface area contributed by atoms with Crippen molar-refractivity contribution in [1.82, 2.24) is 9.80 Å². The van der Waals surface area contributed by atoms with Gasteiger partial charge < -0.3 is 9.64 Å². The van der Waals surface area contributed by atoms with Crippen molar-refractivity contribution in [3.8, 4) is 0 Å². The molecule has 17 heavy (non-hydrogen) atoms. The highest BCUT2D eigenvalue weighted by Crippen LogP contribution is 2.12. The molecule has 0 aliphatic carbocycles. The van der Waals surface area contributed by atoms with Crippen LogP contribution >= 0.6 is 0 Å². The van der Waals surface area contributed by atoms with Crippen molar-refractivity contribution in [3.05, 3.63) is 12.2 Å². The summed E-state index contributed by atoms with van der Waals surface area (Å²) in [6.45, 7) is 15.8. The summed E-state index contributed by atoms with van der Waals surface area (Å²) in [6.07, 6.45) is -0.201. The van der Waals surface area contributed by atoms with Crippen LogP contribution in [0.4, 0.5) is 4.79 Å². The van der Waals surface area contributed by atoms with E-state index >= 15 is 0 Å². The number of amides is 1. The highest BCUT2D eigenvalue weighted by Gasteiger charge is 2.25. The first-order valence-corrected chi connectivity index (χ1v) is 6.12. The number of hydrogen-bond donors (Lipinski definition) is 0. The van der Waals surface area contributed by atoms with Gasteiger partial charge in [-0.25, -0.2) is 4.79 Å². The molecule has 0 aromatic heterocycles. The zero-order valence-corrected chi connectivity index (χ0v) is 11.5. The lowest BCUT2D eigenvalue weighted by Gasteiger charge is -2.35. The third kappa shape index (κ3) is 5.22. The van der Waals surface area contributed by atoms with Crippen molar-refractivity contribution in [2.24, 2.45) is 0 Å². The fraction of sp³-hybridized carbons (Fsp3) is 0.769. The van der Waals surface area contributed by atoms with Crippen LogP contribution in [0.2, 0.25) is 0 Å². The fourth-order valence-electron chi connectivity index (χ4n) is 1.80. The molecule has 0 N–H and O–H groups in total. The highest BCUT2D eigenvalue weighted by molar-refractivity contribution is 5.68. The molecule has 0 aromatic carbocycles. The van der Waals surface area contributed by atoms with Crippen LogP contribution < -0.4 is 0 Å². The van der Waals surface area contributed by atoms with Crippen LogP contribution in [-0.4, -0.2) is 54.2 Å². The zero-order chi connectivity index (χ0) is 13.1. The van der Waals surface area contributed by atoms with E-state index in [1.807, 2.05) is 27.7 Å². The molecule has 1 saturated heterocycles. The Morgan fingerprint density at radius 3 is 2.18 bits per heavy atom. The topological polar surface area (TPSA) is 32.8 Å². The summed E-state index contributed by atoms with van der Waals surface area (Å²) in [5.74, 6) is 0. The van der Waals surface area contributed by atoms with Crippen LogP contribution in [0.3, 0.4) is 0 Å². The average Bonchev–Trinajstić information content (AvgIpc) is 2.15. The van der Waals surface area contributed by atoms with Gasteiger partial charge in [0.05, 0.1) is 0 Å². The largest absolute Gasteiger partial charge is 0.444 e. The number of hydrogen-bond acceptors (Lipinski definition) is 3. The molecular formula is C13H24N2O2. The van der Waals surface area contributed by atoms with Crippen molar-refractivity contribution < 1.29 is 9.53 Å². The number of rotatable bonds is 2. The molecule has 0 aromatic rings. The highest BCUT2D eigenvalue weighted by atomic mass is 16.6. The average molecular weight is 240 g/mol. The maximum absolute atomic E-state index is 11.8. The van der Waals surface area contributed by atoms with Gasteiger partial charge in [-0.15, -0.1) is 0 Å². The summed E-state index contributed by atoms with van der Waals surface area (Å²) in [6, 6.07) is 0. The summed E-state index contributed by atoms with van der Waals surface area (Å²) in [5.41, 5.74) is 0.752. The molecular weight excluding hydrogens is 216 g/mol. The Hall–Kier alpha value is -1.03. The summed E-state index contributed by atoms with van der Waals surface area (Å²) in [4.78, 5) is 15.9. The lowest BCUT2D eigenvalue weighted by molar-refractivity contribution is 0.0152. The van der Waals surface area contributed by atoms with Gasteiger partial charge in [0, 0.05) is 32.7 Å². The molecule has 4 heteroatoms. The van der Waals surface area contributed by atoms with E-state index in [4.69, 9.17) is 4.74 Å². The number of carbonyl (C=O) groups is 1. The Morgan fingerprint density at radius 2 is 1.76 bits per heavy atom. The van der Waals surface area contributed by atoms with E-state index < -0.39 is 5.60 Å². The first kappa shape index (κ1) is 14.0. The van der Waals surface area contributed by atoms with E-state index in [1.165, 1.54) is 0 Å². The van der Waals surface area contributed by atoms with Crippen LogP contribution in [0.5, 0.6) is 0 Å². The predicted octanol–water partition coefficient (Wildman–Crippen LogP) is 2.12. The summed E-state index contributed by atoms with van der Waals surface area (Å²) in [5, 5.41) is 0. The lowest BCUT2D eigenvalue weighted by Crippen LogP contribution is -2.50. The SMILES string of the molecule is C=C(C)CN1CCN(C(=O)OC(C)(C)C)CC1. The van der Waals surface area contributed by atoms with E-state index in [0.717, 1.165) is 38.3 Å². The molecule has 1 amide bonds. The van der Waals surface area contributed by atoms with Gasteiger partial charge in [-0.2, -0.15) is 0 Å². The van der Waals surface area contributed by atoms with Crippen molar-refractivity contribution in [2.75, 3.05) is 32.7 Å². The second-order valence-corrected chi connectivity index (χ2v) is 5.70. The van der Waals surface area contributed by atoms with Gasteiger partial charge in [0.2, 0.25) is 0 Å². The Balaban J connectivity index is 2.36. The minimum absolute atomic E-state index is 0.201. The number of nitrogens with zero attached hydrogens (tertiary/aromatic N) is 2. The van der Waals surface area contributed by atoms with Gasteiger partial charge in [0.1, 0.15) is 5.60 Å². The third-order valence-electron chi connectivity index (χ3n) is 2.52. The molecule has 1 fully saturated rings. The van der Waals surface area contributed by atoms with E-state index in [9.17, 15) is 4.79 Å². The summed E-state index contributed by atoms with van der Waals surface area (Å²) >= 11 is 0. The minimum atomic E-state index is -0.411. The molecule has 0 radical (unpaired) electrons. The van der Waals surface area contributed by atoms with Gasteiger partial charge in [-0.05, 0) is 27.7 Å². The Labute approximate surface area is 104 Å². The monoisotopic (exact) mass is 240 g/mol. The number of carbonyl (C=O) groups excluding carboxylic acids is 1. The molecule has 1 heterocycles. The predicted molar refractivity (Wildman–Crippen MR) is 69.1 cm³/mol. The molecule has 1 aliphatic rings. The first-order valence-electron chi connectivity index (χ1n) is 6.12. The van der Waals surface area contributed by atoms with Crippen molar-refractivity contribution in [3.63, 3.8) is 0 Å². The van der Waals surface area contributed by atoms with Crippen LogP contribution in [0.25, 0.3) is 0 Å².